The molecule has 1 fully saturated rings. The van der Waals surface area contributed by atoms with Gasteiger partial charge in [-0.3, -0.25) is 10.2 Å². The van der Waals surface area contributed by atoms with E-state index in [0.717, 1.165) is 37.4 Å². The van der Waals surface area contributed by atoms with Crippen LogP contribution in [0.25, 0.3) is 16.9 Å². The Kier molecular flexibility index (Phi) is 6.69. The summed E-state index contributed by atoms with van der Waals surface area (Å²) in [5, 5.41) is 6.72. The molecule has 0 bridgehead atoms. The van der Waals surface area contributed by atoms with Crippen LogP contribution in [0.1, 0.15) is 15.9 Å². The number of aryl methyl sites for hydroxylation is 1. The van der Waals surface area contributed by atoms with Gasteiger partial charge < -0.3 is 17.3 Å². The van der Waals surface area contributed by atoms with Crippen molar-refractivity contribution in [2.24, 2.45) is 0 Å². The lowest BCUT2D eigenvalue weighted by Crippen LogP contribution is -3.00. The van der Waals surface area contributed by atoms with Crippen LogP contribution in [-0.2, 0) is 0 Å². The van der Waals surface area contributed by atoms with Gasteiger partial charge in [0.15, 0.2) is 0 Å². The van der Waals surface area contributed by atoms with Gasteiger partial charge in [-0.1, -0.05) is 48.0 Å². The maximum atomic E-state index is 13.1. The number of para-hydroxylation sites is 1. The molecular formula is C22H25ClN5O-. The van der Waals surface area contributed by atoms with Gasteiger partial charge in [-0.15, -0.1) is 0 Å². The second-order valence-electron chi connectivity index (χ2n) is 7.27. The molecule has 29 heavy (non-hydrogen) atoms. The highest BCUT2D eigenvalue weighted by molar-refractivity contribution is 5.99. The summed E-state index contributed by atoms with van der Waals surface area (Å²) in [6.45, 7) is 5.56. The van der Waals surface area contributed by atoms with E-state index in [-0.39, 0.29) is 18.3 Å². The molecule has 7 heteroatoms. The third-order valence-electron chi connectivity index (χ3n) is 5.07. The summed E-state index contributed by atoms with van der Waals surface area (Å²) < 4.78 is 1.77. The normalized spacial score (nSPS) is 15.0. The Morgan fingerprint density at radius 3 is 2.28 bits per heavy atom. The number of nitrogens with zero attached hydrogens (tertiary/aromatic N) is 4. The summed E-state index contributed by atoms with van der Waals surface area (Å²) in [7, 11) is 2.10. The van der Waals surface area contributed by atoms with Crippen molar-refractivity contribution in [1.29, 1.82) is 0 Å². The summed E-state index contributed by atoms with van der Waals surface area (Å²) in [6, 6.07) is 18.0. The highest BCUT2D eigenvalue weighted by Crippen LogP contribution is 2.24. The molecule has 1 N–H and O–H groups in total. The lowest BCUT2D eigenvalue weighted by molar-refractivity contribution is -0.0000158. The first kappa shape index (κ1) is 21.0. The van der Waals surface area contributed by atoms with Gasteiger partial charge in [-0.2, -0.15) is 5.10 Å². The Morgan fingerprint density at radius 1 is 0.966 bits per heavy atom. The molecule has 152 valence electrons. The summed E-state index contributed by atoms with van der Waals surface area (Å²) in [4.78, 5) is 15.3. The van der Waals surface area contributed by atoms with Gasteiger partial charge in [0.2, 0.25) is 0 Å². The molecule has 0 atom stereocenters. The van der Waals surface area contributed by atoms with E-state index in [9.17, 15) is 4.79 Å². The summed E-state index contributed by atoms with van der Waals surface area (Å²) >= 11 is 0. The van der Waals surface area contributed by atoms with Crippen molar-refractivity contribution in [3.05, 3.63) is 71.9 Å². The van der Waals surface area contributed by atoms with Crippen LogP contribution in [0, 0.1) is 6.92 Å². The number of aromatic nitrogens is 2. The highest BCUT2D eigenvalue weighted by atomic mass is 35.5. The quantitative estimate of drug-likeness (QED) is 0.644. The van der Waals surface area contributed by atoms with Crippen molar-refractivity contribution in [3.8, 4) is 16.9 Å². The number of rotatable bonds is 4. The molecule has 1 amide bonds. The molecule has 2 aromatic carbocycles. The Labute approximate surface area is 177 Å². The van der Waals surface area contributed by atoms with Gasteiger partial charge in [0.1, 0.15) is 5.69 Å². The zero-order chi connectivity index (χ0) is 19.5. The first-order chi connectivity index (χ1) is 13.6. The average Bonchev–Trinajstić information content (AvgIpc) is 3.17. The number of hydrazine groups is 1. The smallest absolute Gasteiger partial charge is 0.269 e. The molecule has 3 aromatic rings. The predicted octanol–water partition coefficient (Wildman–Crippen LogP) is -0.256. The molecule has 0 radical (unpaired) electrons. The number of hydrogen-bond acceptors (Lipinski definition) is 4. The minimum atomic E-state index is -0.123. The molecule has 0 spiro atoms. The summed E-state index contributed by atoms with van der Waals surface area (Å²) in [5.74, 6) is -0.123. The third-order valence-corrected chi connectivity index (χ3v) is 5.07. The Morgan fingerprint density at radius 2 is 1.62 bits per heavy atom. The summed E-state index contributed by atoms with van der Waals surface area (Å²) in [5.41, 5.74) is 7.36. The number of carbonyl (C=O) groups is 1. The number of nitrogens with one attached hydrogen (secondary N) is 1. The fourth-order valence-electron chi connectivity index (χ4n) is 3.30. The van der Waals surface area contributed by atoms with Gasteiger partial charge in [-0.25, -0.2) is 9.69 Å². The maximum absolute atomic E-state index is 13.1. The monoisotopic (exact) mass is 410 g/mol. The van der Waals surface area contributed by atoms with Crippen molar-refractivity contribution in [1.82, 2.24) is 25.1 Å². The zero-order valence-corrected chi connectivity index (χ0v) is 17.4. The van der Waals surface area contributed by atoms with E-state index in [1.165, 1.54) is 5.56 Å². The van der Waals surface area contributed by atoms with Gasteiger partial charge in [0, 0.05) is 37.9 Å². The minimum Gasteiger partial charge on any atom is -1.00 e. The molecule has 4 rings (SSSR count). The average molecular weight is 411 g/mol. The first-order valence-electron chi connectivity index (χ1n) is 9.57. The van der Waals surface area contributed by atoms with E-state index in [0.29, 0.717) is 11.3 Å². The van der Waals surface area contributed by atoms with Crippen LogP contribution in [0.4, 0.5) is 0 Å². The predicted molar refractivity (Wildman–Crippen MR) is 110 cm³/mol. The van der Waals surface area contributed by atoms with Gasteiger partial charge >= 0.3 is 0 Å². The van der Waals surface area contributed by atoms with Crippen LogP contribution in [0.15, 0.2) is 60.8 Å². The Bertz CT molecular complexity index is 947. The van der Waals surface area contributed by atoms with Crippen LogP contribution < -0.4 is 17.8 Å². The van der Waals surface area contributed by atoms with E-state index in [4.69, 9.17) is 5.10 Å². The molecule has 2 heterocycles. The van der Waals surface area contributed by atoms with Crippen LogP contribution in [-0.4, -0.2) is 58.8 Å². The zero-order valence-electron chi connectivity index (χ0n) is 16.7. The molecule has 0 aliphatic carbocycles. The molecule has 1 saturated heterocycles. The number of amides is 1. The molecule has 1 aliphatic heterocycles. The number of benzene rings is 2. The van der Waals surface area contributed by atoms with E-state index >= 15 is 0 Å². The van der Waals surface area contributed by atoms with Crippen molar-refractivity contribution in [2.75, 3.05) is 33.2 Å². The van der Waals surface area contributed by atoms with E-state index in [1.54, 1.807) is 4.68 Å². The van der Waals surface area contributed by atoms with Crippen molar-refractivity contribution in [3.63, 3.8) is 0 Å². The van der Waals surface area contributed by atoms with Gasteiger partial charge in [-0.05, 0) is 26.1 Å². The van der Waals surface area contributed by atoms with E-state index in [1.807, 2.05) is 72.7 Å². The second kappa shape index (κ2) is 9.22. The molecule has 6 nitrogen and oxygen atoms in total. The Hall–Kier alpha value is -2.67. The van der Waals surface area contributed by atoms with Gasteiger partial charge in [0.25, 0.3) is 5.91 Å². The van der Waals surface area contributed by atoms with Crippen LogP contribution >= 0.6 is 0 Å². The fourth-order valence-corrected chi connectivity index (χ4v) is 3.30. The number of likely N-dealkylation sites (N-methyl/N-ethyl adjacent to an activating group) is 1. The maximum Gasteiger partial charge on any atom is 0.269 e. The second-order valence-corrected chi connectivity index (χ2v) is 7.27. The Balaban J connectivity index is 0.00000240. The highest BCUT2D eigenvalue weighted by Gasteiger charge is 2.22. The van der Waals surface area contributed by atoms with Crippen LogP contribution in [0.3, 0.4) is 0 Å². The number of hydrogen-bond donors (Lipinski definition) is 1. The van der Waals surface area contributed by atoms with E-state index < -0.39 is 0 Å². The van der Waals surface area contributed by atoms with Crippen molar-refractivity contribution >= 4 is 5.91 Å². The largest absolute Gasteiger partial charge is 1.00 e. The molecule has 1 aliphatic rings. The standard InChI is InChI=1S/C22H25N5O.ClH/c1-17-8-10-18(11-9-17)21-20(16-27(23-21)19-6-4-3-5-7-19)22(28)24-26-14-12-25(2)13-15-26;/h3-11,16H,12-15H2,1-2H3,(H,24,28);1H/p-1. The minimum absolute atomic E-state index is 0. The van der Waals surface area contributed by atoms with Crippen molar-refractivity contribution < 1.29 is 17.2 Å². The molecular weight excluding hydrogens is 386 g/mol. The van der Waals surface area contributed by atoms with Gasteiger partial charge in [0.05, 0.1) is 11.3 Å². The van der Waals surface area contributed by atoms with Crippen LogP contribution in [0.5, 0.6) is 0 Å². The lowest BCUT2D eigenvalue weighted by Gasteiger charge is -2.32. The number of piperazine rings is 1. The number of halogens is 1. The SMILES string of the molecule is Cc1ccc(-c2nn(-c3ccccc3)cc2C(=O)NN2CCN(C)CC2)cc1.[Cl-]. The fraction of sp³-hybridized carbons (Fsp3) is 0.273. The first-order valence-corrected chi connectivity index (χ1v) is 9.57. The topological polar surface area (TPSA) is 53.4 Å². The summed E-state index contributed by atoms with van der Waals surface area (Å²) in [6.07, 6.45) is 1.82. The number of carbonyl (C=O) groups excluding carboxylic acids is 1. The molecule has 1 aromatic heterocycles. The molecule has 0 unspecified atom stereocenters. The lowest BCUT2D eigenvalue weighted by atomic mass is 10.1. The van der Waals surface area contributed by atoms with Crippen LogP contribution in [0.2, 0.25) is 0 Å². The van der Waals surface area contributed by atoms with Crippen molar-refractivity contribution in [2.45, 2.75) is 6.92 Å². The van der Waals surface area contributed by atoms with E-state index in [2.05, 4.69) is 17.4 Å². The third kappa shape index (κ3) is 4.85. The molecule has 0 saturated carbocycles.